The zero-order valence-electron chi connectivity index (χ0n) is 9.28. The van der Waals surface area contributed by atoms with E-state index in [2.05, 4.69) is 36.4 Å². The molecule has 0 heterocycles. The lowest BCUT2D eigenvalue weighted by Gasteiger charge is -2.29. The first-order valence-electron chi connectivity index (χ1n) is 5.78. The molecule has 0 saturated heterocycles. The minimum atomic E-state index is 0.296. The van der Waals surface area contributed by atoms with E-state index in [4.69, 9.17) is 0 Å². The first kappa shape index (κ1) is 10.4. The standard InChI is InChI=1S/C14H19N/c1-3-9-14-10-5-6-12(14)7-8-13(14)15-11-4-2/h3-4,7-8,12H,1-2,5-6,9-11H2/t12-,14-/m0/s1. The minimum Gasteiger partial charge on any atom is -0.285 e. The molecule has 1 saturated carbocycles. The summed E-state index contributed by atoms with van der Waals surface area (Å²) in [6, 6.07) is 0. The van der Waals surface area contributed by atoms with Gasteiger partial charge in [0.15, 0.2) is 0 Å². The van der Waals surface area contributed by atoms with E-state index in [0.717, 1.165) is 13.0 Å². The summed E-state index contributed by atoms with van der Waals surface area (Å²) in [6.45, 7) is 8.36. The van der Waals surface area contributed by atoms with Gasteiger partial charge in [0.1, 0.15) is 0 Å². The summed E-state index contributed by atoms with van der Waals surface area (Å²) in [5.74, 6) is 0.707. The van der Waals surface area contributed by atoms with E-state index < -0.39 is 0 Å². The summed E-state index contributed by atoms with van der Waals surface area (Å²) in [4.78, 5) is 4.64. The molecule has 0 N–H and O–H groups in total. The third-order valence-electron chi connectivity index (χ3n) is 3.74. The summed E-state index contributed by atoms with van der Waals surface area (Å²) in [6.07, 6.45) is 13.5. The number of aliphatic imine (C=N–C) groups is 1. The van der Waals surface area contributed by atoms with Gasteiger partial charge in [0.25, 0.3) is 0 Å². The van der Waals surface area contributed by atoms with Gasteiger partial charge in [-0.15, -0.1) is 13.2 Å². The molecule has 1 fully saturated rings. The van der Waals surface area contributed by atoms with Crippen LogP contribution < -0.4 is 0 Å². The summed E-state index contributed by atoms with van der Waals surface area (Å²) < 4.78 is 0. The Hall–Kier alpha value is -1.11. The zero-order chi connectivity index (χ0) is 10.7. The van der Waals surface area contributed by atoms with Gasteiger partial charge in [0.05, 0.1) is 6.54 Å². The Bertz CT molecular complexity index is 324. The number of hydrogen-bond acceptors (Lipinski definition) is 1. The monoisotopic (exact) mass is 201 g/mol. The molecular weight excluding hydrogens is 182 g/mol. The highest BCUT2D eigenvalue weighted by Crippen LogP contribution is 2.51. The predicted molar refractivity (Wildman–Crippen MR) is 66.2 cm³/mol. The van der Waals surface area contributed by atoms with Gasteiger partial charge in [-0.1, -0.05) is 24.6 Å². The topological polar surface area (TPSA) is 12.4 Å². The van der Waals surface area contributed by atoms with Crippen molar-refractivity contribution in [1.29, 1.82) is 0 Å². The van der Waals surface area contributed by atoms with Crippen LogP contribution in [0.4, 0.5) is 0 Å². The lowest BCUT2D eigenvalue weighted by atomic mass is 9.75. The number of allylic oxidation sites excluding steroid dienone is 3. The number of hydrogen-bond donors (Lipinski definition) is 0. The van der Waals surface area contributed by atoms with Crippen molar-refractivity contribution in [3.05, 3.63) is 37.5 Å². The van der Waals surface area contributed by atoms with Crippen LogP contribution in [-0.4, -0.2) is 12.3 Å². The van der Waals surface area contributed by atoms with Crippen LogP contribution in [0.15, 0.2) is 42.5 Å². The van der Waals surface area contributed by atoms with Crippen molar-refractivity contribution in [3.63, 3.8) is 0 Å². The lowest BCUT2D eigenvalue weighted by Crippen LogP contribution is -2.28. The van der Waals surface area contributed by atoms with Crippen molar-refractivity contribution in [2.24, 2.45) is 16.3 Å². The maximum absolute atomic E-state index is 4.64. The third kappa shape index (κ3) is 1.60. The van der Waals surface area contributed by atoms with Gasteiger partial charge in [-0.25, -0.2) is 0 Å². The second-order valence-corrected chi connectivity index (χ2v) is 4.52. The maximum Gasteiger partial charge on any atom is 0.0571 e. The van der Waals surface area contributed by atoms with Crippen LogP contribution in [0, 0.1) is 11.3 Å². The van der Waals surface area contributed by atoms with Gasteiger partial charge in [-0.2, -0.15) is 0 Å². The summed E-state index contributed by atoms with van der Waals surface area (Å²) in [5, 5.41) is 0. The Labute approximate surface area is 92.3 Å². The highest BCUT2D eigenvalue weighted by molar-refractivity contribution is 6.02. The van der Waals surface area contributed by atoms with Crippen LogP contribution in [-0.2, 0) is 0 Å². The molecule has 0 aromatic rings. The predicted octanol–water partition coefficient (Wildman–Crippen LogP) is 3.55. The largest absolute Gasteiger partial charge is 0.285 e. The van der Waals surface area contributed by atoms with Gasteiger partial charge in [-0.05, 0) is 31.3 Å². The molecule has 2 aliphatic rings. The Balaban J connectivity index is 2.27. The fourth-order valence-corrected chi connectivity index (χ4v) is 3.06. The number of nitrogens with zero attached hydrogens (tertiary/aromatic N) is 1. The van der Waals surface area contributed by atoms with E-state index >= 15 is 0 Å². The van der Waals surface area contributed by atoms with E-state index in [9.17, 15) is 0 Å². The molecule has 80 valence electrons. The molecule has 0 aliphatic heterocycles. The zero-order valence-corrected chi connectivity index (χ0v) is 9.28. The molecule has 0 radical (unpaired) electrons. The van der Waals surface area contributed by atoms with E-state index in [-0.39, 0.29) is 0 Å². The van der Waals surface area contributed by atoms with Crippen LogP contribution in [0.2, 0.25) is 0 Å². The van der Waals surface area contributed by atoms with E-state index in [1.54, 1.807) is 0 Å². The first-order valence-corrected chi connectivity index (χ1v) is 5.78. The molecule has 2 rings (SSSR count). The Morgan fingerprint density at radius 3 is 3.07 bits per heavy atom. The quantitative estimate of drug-likeness (QED) is 0.617. The molecule has 0 unspecified atom stereocenters. The molecular formula is C14H19N. The van der Waals surface area contributed by atoms with E-state index in [0.29, 0.717) is 11.3 Å². The fraction of sp³-hybridized carbons (Fsp3) is 0.500. The average molecular weight is 201 g/mol. The second kappa shape index (κ2) is 4.18. The Kier molecular flexibility index (Phi) is 2.90. The van der Waals surface area contributed by atoms with Crippen molar-refractivity contribution in [1.82, 2.24) is 0 Å². The van der Waals surface area contributed by atoms with Crippen LogP contribution in [0.5, 0.6) is 0 Å². The van der Waals surface area contributed by atoms with Crippen molar-refractivity contribution >= 4 is 5.71 Å². The molecule has 2 aliphatic carbocycles. The molecule has 15 heavy (non-hydrogen) atoms. The van der Waals surface area contributed by atoms with Gasteiger partial charge in [0.2, 0.25) is 0 Å². The number of fused-ring (bicyclic) bond motifs is 1. The van der Waals surface area contributed by atoms with E-state index in [1.165, 1.54) is 25.0 Å². The van der Waals surface area contributed by atoms with Crippen LogP contribution in [0.1, 0.15) is 25.7 Å². The minimum absolute atomic E-state index is 0.296. The van der Waals surface area contributed by atoms with Crippen LogP contribution >= 0.6 is 0 Å². The highest BCUT2D eigenvalue weighted by atomic mass is 14.8. The first-order chi connectivity index (χ1) is 7.33. The normalized spacial score (nSPS) is 35.7. The van der Waals surface area contributed by atoms with Crippen molar-refractivity contribution < 1.29 is 0 Å². The maximum atomic E-state index is 4.64. The molecule has 0 bridgehead atoms. The van der Waals surface area contributed by atoms with Crippen molar-refractivity contribution in [2.75, 3.05) is 6.54 Å². The second-order valence-electron chi connectivity index (χ2n) is 4.52. The van der Waals surface area contributed by atoms with Gasteiger partial charge >= 0.3 is 0 Å². The van der Waals surface area contributed by atoms with Gasteiger partial charge in [-0.3, -0.25) is 4.99 Å². The molecule has 0 aromatic carbocycles. The summed E-state index contributed by atoms with van der Waals surface area (Å²) in [5.41, 5.74) is 1.58. The Morgan fingerprint density at radius 1 is 1.47 bits per heavy atom. The molecule has 1 heteroatoms. The molecule has 0 spiro atoms. The SMILES string of the molecule is C=CCN=C1C=C[C@@H]2CCC[C@]12CC=C. The van der Waals surface area contributed by atoms with Crippen LogP contribution in [0.3, 0.4) is 0 Å². The highest BCUT2D eigenvalue weighted by Gasteiger charge is 2.46. The smallest absolute Gasteiger partial charge is 0.0571 e. The molecule has 0 amide bonds. The fourth-order valence-electron chi connectivity index (χ4n) is 3.06. The van der Waals surface area contributed by atoms with Crippen LogP contribution in [0.25, 0.3) is 0 Å². The van der Waals surface area contributed by atoms with Crippen molar-refractivity contribution in [2.45, 2.75) is 25.7 Å². The summed E-state index contributed by atoms with van der Waals surface area (Å²) >= 11 is 0. The molecule has 1 nitrogen and oxygen atoms in total. The van der Waals surface area contributed by atoms with Crippen molar-refractivity contribution in [3.8, 4) is 0 Å². The number of rotatable bonds is 4. The van der Waals surface area contributed by atoms with Gasteiger partial charge in [0, 0.05) is 11.1 Å². The third-order valence-corrected chi connectivity index (χ3v) is 3.74. The van der Waals surface area contributed by atoms with E-state index in [1.807, 2.05) is 6.08 Å². The Morgan fingerprint density at radius 2 is 2.33 bits per heavy atom. The summed E-state index contributed by atoms with van der Waals surface area (Å²) in [7, 11) is 0. The molecule has 0 aromatic heterocycles. The average Bonchev–Trinajstić information content (AvgIpc) is 2.74. The van der Waals surface area contributed by atoms with Gasteiger partial charge < -0.3 is 0 Å². The lowest BCUT2D eigenvalue weighted by molar-refractivity contribution is 0.376. The molecule has 2 atom stereocenters.